The molecule has 22 heavy (non-hydrogen) atoms. The van der Waals surface area contributed by atoms with Crippen molar-refractivity contribution in [1.82, 2.24) is 5.43 Å². The zero-order valence-electron chi connectivity index (χ0n) is 12.7. The van der Waals surface area contributed by atoms with E-state index in [2.05, 4.69) is 10.9 Å². The number of hydrazine groups is 1. The second kappa shape index (κ2) is 7.21. The highest BCUT2D eigenvalue weighted by Gasteiger charge is 2.13. The Labute approximate surface area is 129 Å². The van der Waals surface area contributed by atoms with Gasteiger partial charge in [0.15, 0.2) is 11.5 Å². The van der Waals surface area contributed by atoms with Gasteiger partial charge in [0, 0.05) is 17.7 Å². The lowest BCUT2D eigenvalue weighted by atomic mass is 10.2. The third-order valence-corrected chi connectivity index (χ3v) is 3.02. The SMILES string of the molecule is COc1cc(NNC(=O)c2ccccc2)cc(OC)c1OC. The highest BCUT2D eigenvalue weighted by molar-refractivity contribution is 5.94. The number of hydrogen-bond acceptors (Lipinski definition) is 5. The van der Waals surface area contributed by atoms with Gasteiger partial charge in [0.2, 0.25) is 5.75 Å². The molecule has 116 valence electrons. The Morgan fingerprint density at radius 3 is 2.00 bits per heavy atom. The molecule has 0 saturated heterocycles. The number of carbonyl (C=O) groups is 1. The highest BCUT2D eigenvalue weighted by atomic mass is 16.5. The first kappa shape index (κ1) is 15.5. The number of benzene rings is 2. The molecule has 1 amide bonds. The Kier molecular flexibility index (Phi) is 5.08. The molecule has 0 aliphatic heterocycles. The number of hydrogen-bond donors (Lipinski definition) is 2. The van der Waals surface area contributed by atoms with Crippen LogP contribution in [0.1, 0.15) is 10.4 Å². The molecule has 0 bridgehead atoms. The molecule has 0 fully saturated rings. The van der Waals surface area contributed by atoms with Crippen LogP contribution < -0.4 is 25.1 Å². The summed E-state index contributed by atoms with van der Waals surface area (Å²) in [6.45, 7) is 0. The standard InChI is InChI=1S/C16H18N2O4/c1-20-13-9-12(10-14(21-2)15(13)22-3)17-18-16(19)11-7-5-4-6-8-11/h4-10,17H,1-3H3,(H,18,19). The van der Waals surface area contributed by atoms with Crippen molar-refractivity contribution in [3.63, 3.8) is 0 Å². The van der Waals surface area contributed by atoms with Crippen LogP contribution in [-0.4, -0.2) is 27.2 Å². The topological polar surface area (TPSA) is 68.8 Å². The van der Waals surface area contributed by atoms with Crippen molar-refractivity contribution in [1.29, 1.82) is 0 Å². The predicted octanol–water partition coefficient (Wildman–Crippen LogP) is 2.47. The third-order valence-electron chi connectivity index (χ3n) is 3.02. The van der Waals surface area contributed by atoms with Gasteiger partial charge in [-0.1, -0.05) is 18.2 Å². The van der Waals surface area contributed by atoms with E-state index in [1.807, 2.05) is 6.07 Å². The van der Waals surface area contributed by atoms with Crippen molar-refractivity contribution in [3.05, 3.63) is 48.0 Å². The first-order valence-electron chi connectivity index (χ1n) is 6.61. The third kappa shape index (κ3) is 3.41. The predicted molar refractivity (Wildman–Crippen MR) is 83.6 cm³/mol. The maximum atomic E-state index is 12.0. The van der Waals surface area contributed by atoms with Crippen LogP contribution in [0.4, 0.5) is 5.69 Å². The fourth-order valence-electron chi connectivity index (χ4n) is 1.94. The summed E-state index contributed by atoms with van der Waals surface area (Å²) < 4.78 is 15.7. The molecule has 0 aliphatic carbocycles. The van der Waals surface area contributed by atoms with E-state index in [1.165, 1.54) is 21.3 Å². The van der Waals surface area contributed by atoms with E-state index < -0.39 is 0 Å². The zero-order chi connectivity index (χ0) is 15.9. The molecule has 0 heterocycles. The molecule has 6 nitrogen and oxygen atoms in total. The summed E-state index contributed by atoms with van der Waals surface area (Å²) in [4.78, 5) is 12.0. The molecule has 0 aliphatic rings. The van der Waals surface area contributed by atoms with Crippen molar-refractivity contribution < 1.29 is 19.0 Å². The van der Waals surface area contributed by atoms with E-state index in [0.717, 1.165) is 0 Å². The number of amides is 1. The van der Waals surface area contributed by atoms with Gasteiger partial charge in [-0.3, -0.25) is 15.6 Å². The fraction of sp³-hybridized carbons (Fsp3) is 0.188. The number of anilines is 1. The molecule has 0 atom stereocenters. The van der Waals surface area contributed by atoms with E-state index in [0.29, 0.717) is 28.5 Å². The van der Waals surface area contributed by atoms with E-state index in [9.17, 15) is 4.79 Å². The van der Waals surface area contributed by atoms with Crippen LogP contribution in [0, 0.1) is 0 Å². The van der Waals surface area contributed by atoms with Crippen LogP contribution >= 0.6 is 0 Å². The van der Waals surface area contributed by atoms with E-state index in [4.69, 9.17) is 14.2 Å². The van der Waals surface area contributed by atoms with Gasteiger partial charge < -0.3 is 14.2 Å². The van der Waals surface area contributed by atoms with Gasteiger partial charge in [-0.05, 0) is 12.1 Å². The van der Waals surface area contributed by atoms with Crippen LogP contribution in [0.5, 0.6) is 17.2 Å². The smallest absolute Gasteiger partial charge is 0.269 e. The van der Waals surface area contributed by atoms with Crippen LogP contribution in [0.2, 0.25) is 0 Å². The second-order valence-corrected chi connectivity index (χ2v) is 4.36. The first-order chi connectivity index (χ1) is 10.7. The average Bonchev–Trinajstić information content (AvgIpc) is 2.59. The number of ether oxygens (including phenoxy) is 3. The van der Waals surface area contributed by atoms with Gasteiger partial charge >= 0.3 is 0 Å². The van der Waals surface area contributed by atoms with E-state index >= 15 is 0 Å². The molecule has 2 rings (SSSR count). The van der Waals surface area contributed by atoms with E-state index in [1.54, 1.807) is 36.4 Å². The molecule has 0 saturated carbocycles. The quantitative estimate of drug-likeness (QED) is 0.802. The molecule has 0 unspecified atom stereocenters. The zero-order valence-corrected chi connectivity index (χ0v) is 12.7. The average molecular weight is 302 g/mol. The second-order valence-electron chi connectivity index (χ2n) is 4.36. The summed E-state index contributed by atoms with van der Waals surface area (Å²) in [7, 11) is 4.60. The van der Waals surface area contributed by atoms with Crippen LogP contribution in [0.25, 0.3) is 0 Å². The van der Waals surface area contributed by atoms with Gasteiger partial charge in [-0.15, -0.1) is 0 Å². The maximum Gasteiger partial charge on any atom is 0.269 e. The minimum atomic E-state index is -0.241. The summed E-state index contributed by atoms with van der Waals surface area (Å²) in [6, 6.07) is 12.3. The van der Waals surface area contributed by atoms with Crippen molar-refractivity contribution in [2.75, 3.05) is 26.8 Å². The molecule has 2 aromatic carbocycles. The fourth-order valence-corrected chi connectivity index (χ4v) is 1.94. The first-order valence-corrected chi connectivity index (χ1v) is 6.61. The van der Waals surface area contributed by atoms with Gasteiger partial charge in [0.25, 0.3) is 5.91 Å². The van der Waals surface area contributed by atoms with Gasteiger partial charge in [-0.25, -0.2) is 0 Å². The number of rotatable bonds is 6. The van der Waals surface area contributed by atoms with Crippen molar-refractivity contribution in [2.24, 2.45) is 0 Å². The lowest BCUT2D eigenvalue weighted by molar-refractivity contribution is 0.0962. The normalized spacial score (nSPS) is 9.77. The lowest BCUT2D eigenvalue weighted by Gasteiger charge is -2.15. The van der Waals surface area contributed by atoms with Crippen LogP contribution in [-0.2, 0) is 0 Å². The summed E-state index contributed by atoms with van der Waals surface area (Å²) in [5.41, 5.74) is 6.61. The molecule has 2 aromatic rings. The number of methoxy groups -OCH3 is 3. The van der Waals surface area contributed by atoms with Crippen molar-refractivity contribution in [2.45, 2.75) is 0 Å². The van der Waals surface area contributed by atoms with Crippen molar-refractivity contribution in [3.8, 4) is 17.2 Å². The molecular formula is C16H18N2O4. The number of nitrogens with one attached hydrogen (secondary N) is 2. The van der Waals surface area contributed by atoms with E-state index in [-0.39, 0.29) is 5.91 Å². The monoisotopic (exact) mass is 302 g/mol. The highest BCUT2D eigenvalue weighted by Crippen LogP contribution is 2.39. The molecule has 0 spiro atoms. The largest absolute Gasteiger partial charge is 0.493 e. The molecular weight excluding hydrogens is 284 g/mol. The number of carbonyl (C=O) groups excluding carboxylic acids is 1. The molecule has 6 heteroatoms. The minimum absolute atomic E-state index is 0.241. The Morgan fingerprint density at radius 2 is 1.50 bits per heavy atom. The summed E-state index contributed by atoms with van der Waals surface area (Å²) >= 11 is 0. The summed E-state index contributed by atoms with van der Waals surface area (Å²) in [6.07, 6.45) is 0. The summed E-state index contributed by atoms with van der Waals surface area (Å²) in [5, 5.41) is 0. The Bertz CT molecular complexity index is 619. The summed E-state index contributed by atoms with van der Waals surface area (Å²) in [5.74, 6) is 1.25. The van der Waals surface area contributed by atoms with Gasteiger partial charge in [0.05, 0.1) is 27.0 Å². The molecule has 2 N–H and O–H groups in total. The molecule has 0 radical (unpaired) electrons. The Hall–Kier alpha value is -2.89. The minimum Gasteiger partial charge on any atom is -0.493 e. The maximum absolute atomic E-state index is 12.0. The van der Waals surface area contributed by atoms with Crippen LogP contribution in [0.15, 0.2) is 42.5 Å². The van der Waals surface area contributed by atoms with Crippen LogP contribution in [0.3, 0.4) is 0 Å². The van der Waals surface area contributed by atoms with Crippen molar-refractivity contribution >= 4 is 11.6 Å². The molecule has 0 aromatic heterocycles. The Balaban J connectivity index is 2.14. The lowest BCUT2D eigenvalue weighted by Crippen LogP contribution is -2.29. The van der Waals surface area contributed by atoms with Gasteiger partial charge in [0.1, 0.15) is 0 Å². The Morgan fingerprint density at radius 1 is 0.909 bits per heavy atom. The van der Waals surface area contributed by atoms with Gasteiger partial charge in [-0.2, -0.15) is 0 Å².